The maximum Gasteiger partial charge on any atom is 0.244 e. The van der Waals surface area contributed by atoms with Crippen molar-refractivity contribution in [1.82, 2.24) is 9.62 Å². The van der Waals surface area contributed by atoms with Crippen LogP contribution in [0.25, 0.3) is 0 Å². The molecule has 0 aliphatic heterocycles. The molecule has 3 rings (SSSR count). The number of amides is 1. The maximum absolute atomic E-state index is 13.8. The Morgan fingerprint density at radius 1 is 1.06 bits per heavy atom. The van der Waals surface area contributed by atoms with Crippen molar-refractivity contribution in [2.45, 2.75) is 70.4 Å². The number of benzene rings is 2. The van der Waals surface area contributed by atoms with Crippen molar-refractivity contribution >= 4 is 15.9 Å². The Bertz CT molecular complexity index is 1040. The Kier molecular flexibility index (Phi) is 7.96. The van der Waals surface area contributed by atoms with E-state index in [0.29, 0.717) is 10.6 Å². The summed E-state index contributed by atoms with van der Waals surface area (Å²) in [5, 5.41) is 2.88. The van der Waals surface area contributed by atoms with Crippen molar-refractivity contribution in [3.63, 3.8) is 0 Å². The fourth-order valence-corrected chi connectivity index (χ4v) is 6.77. The minimum Gasteiger partial charge on any atom is -0.496 e. The molecular weight excluding hydrogens is 424 g/mol. The lowest BCUT2D eigenvalue weighted by molar-refractivity contribution is -0.121. The van der Waals surface area contributed by atoms with E-state index >= 15 is 0 Å². The predicted octanol–water partition coefficient (Wildman–Crippen LogP) is 4.26. The molecule has 2 aromatic rings. The smallest absolute Gasteiger partial charge is 0.244 e. The number of aryl methyl sites for hydroxylation is 3. The van der Waals surface area contributed by atoms with Crippen molar-refractivity contribution in [3.05, 3.63) is 58.7 Å². The van der Waals surface area contributed by atoms with Gasteiger partial charge in [0.15, 0.2) is 0 Å². The van der Waals surface area contributed by atoms with E-state index in [1.54, 1.807) is 7.11 Å². The molecule has 32 heavy (non-hydrogen) atoms. The van der Waals surface area contributed by atoms with Gasteiger partial charge in [-0.1, -0.05) is 55.2 Å². The van der Waals surface area contributed by atoms with Crippen LogP contribution in [0.1, 0.15) is 54.4 Å². The molecule has 1 aliphatic carbocycles. The normalized spacial score (nSPS) is 15.0. The van der Waals surface area contributed by atoms with E-state index in [9.17, 15) is 13.2 Å². The number of ether oxygens (including phenoxy) is 1. The molecule has 1 aliphatic rings. The highest BCUT2D eigenvalue weighted by Gasteiger charge is 2.35. The van der Waals surface area contributed by atoms with Gasteiger partial charge in [0.05, 0.1) is 18.6 Å². The molecule has 2 aromatic carbocycles. The van der Waals surface area contributed by atoms with Crippen LogP contribution in [0.15, 0.2) is 41.3 Å². The second-order valence-corrected chi connectivity index (χ2v) is 10.5. The molecule has 174 valence electrons. The molecular formula is C25H34N2O4S. The predicted molar refractivity (Wildman–Crippen MR) is 126 cm³/mol. The number of methoxy groups -OCH3 is 1. The third-order valence-electron chi connectivity index (χ3n) is 6.12. The highest BCUT2D eigenvalue weighted by Crippen LogP contribution is 2.31. The van der Waals surface area contributed by atoms with Crippen LogP contribution < -0.4 is 10.1 Å². The Morgan fingerprint density at radius 3 is 2.31 bits per heavy atom. The van der Waals surface area contributed by atoms with Crippen molar-refractivity contribution < 1.29 is 17.9 Å². The SMILES string of the molecule is COc1ccccc1CNC(=O)CN(C1CCCCC1)S(=O)(=O)c1c(C)cc(C)cc1C. The average Bonchev–Trinajstić information content (AvgIpc) is 2.75. The molecule has 1 amide bonds. The van der Waals surface area contributed by atoms with Crippen LogP contribution in [0, 0.1) is 20.8 Å². The standard InChI is InChI=1S/C25H34N2O4S/c1-18-14-19(2)25(20(3)15-18)32(29,30)27(22-11-6-5-7-12-22)17-24(28)26-16-21-10-8-9-13-23(21)31-4/h8-10,13-15,22H,5-7,11-12,16-17H2,1-4H3,(H,26,28). The van der Waals surface area contributed by atoms with E-state index < -0.39 is 10.0 Å². The third kappa shape index (κ3) is 5.51. The summed E-state index contributed by atoms with van der Waals surface area (Å²) in [6.45, 7) is 5.71. The molecule has 0 atom stereocenters. The van der Waals surface area contributed by atoms with Gasteiger partial charge in [-0.25, -0.2) is 8.42 Å². The Morgan fingerprint density at radius 2 is 1.69 bits per heavy atom. The molecule has 1 saturated carbocycles. The fraction of sp³-hybridized carbons (Fsp3) is 0.480. The molecule has 6 nitrogen and oxygen atoms in total. The number of para-hydroxylation sites is 1. The number of hydrogen-bond donors (Lipinski definition) is 1. The Labute approximate surface area is 192 Å². The van der Waals surface area contributed by atoms with Gasteiger partial charge in [0.2, 0.25) is 15.9 Å². The molecule has 0 radical (unpaired) electrons. The van der Waals surface area contributed by atoms with Gasteiger partial charge in [0, 0.05) is 18.2 Å². The zero-order valence-electron chi connectivity index (χ0n) is 19.5. The summed E-state index contributed by atoms with van der Waals surface area (Å²) in [4.78, 5) is 13.2. The minimum absolute atomic E-state index is 0.161. The average molecular weight is 459 g/mol. The van der Waals surface area contributed by atoms with Gasteiger partial charge < -0.3 is 10.1 Å². The second kappa shape index (κ2) is 10.5. The quantitative estimate of drug-likeness (QED) is 0.641. The van der Waals surface area contributed by atoms with E-state index in [1.807, 2.05) is 57.2 Å². The molecule has 0 bridgehead atoms. The van der Waals surface area contributed by atoms with Gasteiger partial charge in [0.25, 0.3) is 0 Å². The lowest BCUT2D eigenvalue weighted by atomic mass is 9.95. The summed E-state index contributed by atoms with van der Waals surface area (Å²) in [7, 11) is -2.23. The molecule has 0 heterocycles. The van der Waals surface area contributed by atoms with Crippen LogP contribution in [0.4, 0.5) is 0 Å². The molecule has 1 fully saturated rings. The van der Waals surface area contributed by atoms with Gasteiger partial charge in [-0.3, -0.25) is 4.79 Å². The first-order chi connectivity index (χ1) is 15.2. The zero-order chi connectivity index (χ0) is 23.3. The van der Waals surface area contributed by atoms with E-state index in [4.69, 9.17) is 4.74 Å². The lowest BCUT2D eigenvalue weighted by Gasteiger charge is -2.33. The van der Waals surface area contributed by atoms with E-state index in [0.717, 1.165) is 54.4 Å². The van der Waals surface area contributed by atoms with Crippen LogP contribution in [0.5, 0.6) is 5.75 Å². The van der Waals surface area contributed by atoms with Crippen molar-refractivity contribution in [2.75, 3.05) is 13.7 Å². The van der Waals surface area contributed by atoms with Crippen molar-refractivity contribution in [2.24, 2.45) is 0 Å². The molecule has 7 heteroatoms. The highest BCUT2D eigenvalue weighted by molar-refractivity contribution is 7.89. The van der Waals surface area contributed by atoms with Crippen molar-refractivity contribution in [1.29, 1.82) is 0 Å². The van der Waals surface area contributed by atoms with E-state index in [2.05, 4.69) is 5.32 Å². The molecule has 0 saturated heterocycles. The van der Waals surface area contributed by atoms with Crippen molar-refractivity contribution in [3.8, 4) is 5.75 Å². The highest BCUT2D eigenvalue weighted by atomic mass is 32.2. The topological polar surface area (TPSA) is 75.7 Å². The van der Waals surface area contributed by atoms with E-state index in [-0.39, 0.29) is 25.0 Å². The van der Waals surface area contributed by atoms with Crippen LogP contribution >= 0.6 is 0 Å². The monoisotopic (exact) mass is 458 g/mol. The first-order valence-corrected chi connectivity index (χ1v) is 12.7. The lowest BCUT2D eigenvalue weighted by Crippen LogP contribution is -2.47. The first kappa shape index (κ1) is 24.3. The van der Waals surface area contributed by atoms with Gasteiger partial charge in [-0.15, -0.1) is 0 Å². The zero-order valence-corrected chi connectivity index (χ0v) is 20.3. The minimum atomic E-state index is -3.82. The van der Waals surface area contributed by atoms with Crippen LogP contribution in [-0.4, -0.2) is 38.3 Å². The second-order valence-electron chi connectivity index (χ2n) is 8.66. The molecule has 0 unspecified atom stereocenters. The Hall–Kier alpha value is -2.38. The van der Waals surface area contributed by atoms with Crippen LogP contribution in [0.2, 0.25) is 0 Å². The number of hydrogen-bond acceptors (Lipinski definition) is 4. The van der Waals surface area contributed by atoms with E-state index in [1.165, 1.54) is 4.31 Å². The number of sulfonamides is 1. The number of rotatable bonds is 8. The number of carbonyl (C=O) groups is 1. The summed E-state index contributed by atoms with van der Waals surface area (Å²) in [6, 6.07) is 11.1. The summed E-state index contributed by atoms with van der Waals surface area (Å²) in [6.07, 6.45) is 4.62. The summed E-state index contributed by atoms with van der Waals surface area (Å²) >= 11 is 0. The van der Waals surface area contributed by atoms with Gasteiger partial charge in [0.1, 0.15) is 5.75 Å². The number of nitrogens with one attached hydrogen (secondary N) is 1. The largest absolute Gasteiger partial charge is 0.496 e. The summed E-state index contributed by atoms with van der Waals surface area (Å²) in [5.74, 6) is 0.378. The van der Waals surface area contributed by atoms with Gasteiger partial charge >= 0.3 is 0 Å². The first-order valence-electron chi connectivity index (χ1n) is 11.2. The number of carbonyl (C=O) groups excluding carboxylic acids is 1. The molecule has 1 N–H and O–H groups in total. The fourth-order valence-electron chi connectivity index (χ4n) is 4.71. The van der Waals surface area contributed by atoms with Gasteiger partial charge in [-0.2, -0.15) is 4.31 Å². The summed E-state index contributed by atoms with van der Waals surface area (Å²) in [5.41, 5.74) is 3.31. The number of nitrogens with zero attached hydrogens (tertiary/aromatic N) is 1. The van der Waals surface area contributed by atoms with Crippen LogP contribution in [-0.2, 0) is 21.4 Å². The molecule has 0 aromatic heterocycles. The summed E-state index contributed by atoms with van der Waals surface area (Å²) < 4.78 is 34.4. The van der Waals surface area contributed by atoms with Crippen LogP contribution in [0.3, 0.4) is 0 Å². The Balaban J connectivity index is 1.85. The third-order valence-corrected chi connectivity index (χ3v) is 8.33. The maximum atomic E-state index is 13.8. The molecule has 0 spiro atoms. The van der Waals surface area contributed by atoms with Gasteiger partial charge in [-0.05, 0) is 50.8 Å².